The summed E-state index contributed by atoms with van der Waals surface area (Å²) in [6.45, 7) is 5.44. The van der Waals surface area contributed by atoms with Gasteiger partial charge in [-0.25, -0.2) is 13.1 Å². The standard InChI is InChI=1S/C22H27N3O2S/c1-17(2)22(16-24-12-10-18-6-4-3-5-7-18)25-28(26,27)21-9-8-20-15-23-13-11-19(20)14-21/h3-9,11,13-15,17,22,24-25H,10,12,16H2,1-2H3/t22-/m0/s1. The lowest BCUT2D eigenvalue weighted by atomic mass is 10.1. The van der Waals surface area contributed by atoms with Crippen LogP contribution >= 0.6 is 0 Å². The second-order valence-electron chi connectivity index (χ2n) is 7.30. The Labute approximate surface area is 167 Å². The fraction of sp³-hybridized carbons (Fsp3) is 0.318. The van der Waals surface area contributed by atoms with Gasteiger partial charge in [-0.15, -0.1) is 0 Å². The first kappa shape index (κ1) is 20.5. The Morgan fingerprint density at radius 3 is 2.54 bits per heavy atom. The van der Waals surface area contributed by atoms with Crippen molar-refractivity contribution in [2.75, 3.05) is 13.1 Å². The highest BCUT2D eigenvalue weighted by Gasteiger charge is 2.22. The molecule has 2 aromatic carbocycles. The summed E-state index contributed by atoms with van der Waals surface area (Å²) >= 11 is 0. The Hall–Kier alpha value is -2.28. The zero-order valence-corrected chi connectivity index (χ0v) is 17.1. The molecule has 0 fully saturated rings. The minimum Gasteiger partial charge on any atom is -0.315 e. The van der Waals surface area contributed by atoms with Gasteiger partial charge < -0.3 is 5.32 Å². The van der Waals surface area contributed by atoms with Gasteiger partial charge in [0.1, 0.15) is 0 Å². The number of nitrogens with zero attached hydrogens (tertiary/aromatic N) is 1. The molecule has 0 spiro atoms. The minimum absolute atomic E-state index is 0.170. The molecule has 0 saturated carbocycles. The molecule has 0 saturated heterocycles. The van der Waals surface area contributed by atoms with E-state index in [0.29, 0.717) is 6.54 Å². The van der Waals surface area contributed by atoms with Crippen LogP contribution in [0.15, 0.2) is 71.9 Å². The van der Waals surface area contributed by atoms with Gasteiger partial charge in [-0.1, -0.05) is 50.2 Å². The monoisotopic (exact) mass is 397 g/mol. The van der Waals surface area contributed by atoms with Crippen LogP contribution in [0, 0.1) is 5.92 Å². The normalized spacial score (nSPS) is 13.1. The molecule has 1 heterocycles. The summed E-state index contributed by atoms with van der Waals surface area (Å²) in [5.74, 6) is 0.170. The molecule has 0 aliphatic carbocycles. The van der Waals surface area contributed by atoms with Gasteiger partial charge in [0.25, 0.3) is 0 Å². The predicted molar refractivity (Wildman–Crippen MR) is 114 cm³/mol. The molecule has 5 nitrogen and oxygen atoms in total. The fourth-order valence-electron chi connectivity index (χ4n) is 3.04. The summed E-state index contributed by atoms with van der Waals surface area (Å²) in [6.07, 6.45) is 4.31. The van der Waals surface area contributed by atoms with E-state index < -0.39 is 10.0 Å². The van der Waals surface area contributed by atoms with E-state index in [4.69, 9.17) is 0 Å². The van der Waals surface area contributed by atoms with Crippen LogP contribution in [0.25, 0.3) is 10.8 Å². The van der Waals surface area contributed by atoms with Crippen molar-refractivity contribution >= 4 is 20.8 Å². The van der Waals surface area contributed by atoms with Gasteiger partial charge in [-0.05, 0) is 48.0 Å². The number of rotatable bonds is 9. The number of fused-ring (bicyclic) bond motifs is 1. The van der Waals surface area contributed by atoms with Crippen molar-refractivity contribution < 1.29 is 8.42 Å². The van der Waals surface area contributed by atoms with E-state index in [1.54, 1.807) is 30.6 Å². The quantitative estimate of drug-likeness (QED) is 0.543. The number of hydrogen-bond donors (Lipinski definition) is 2. The molecule has 0 amide bonds. The number of nitrogens with one attached hydrogen (secondary N) is 2. The highest BCUT2D eigenvalue weighted by atomic mass is 32.2. The summed E-state index contributed by atoms with van der Waals surface area (Å²) in [5.41, 5.74) is 1.27. The lowest BCUT2D eigenvalue weighted by Crippen LogP contribution is -2.45. The van der Waals surface area contributed by atoms with Crippen LogP contribution in [0.4, 0.5) is 0 Å². The first-order valence-electron chi connectivity index (χ1n) is 9.56. The number of benzene rings is 2. The number of sulfonamides is 1. The molecule has 2 N–H and O–H groups in total. The Kier molecular flexibility index (Phi) is 6.78. The maximum Gasteiger partial charge on any atom is 0.240 e. The van der Waals surface area contributed by atoms with Crippen molar-refractivity contribution in [2.45, 2.75) is 31.2 Å². The predicted octanol–water partition coefficient (Wildman–Crippen LogP) is 3.37. The molecule has 1 aromatic heterocycles. The highest BCUT2D eigenvalue weighted by Crippen LogP contribution is 2.19. The molecule has 148 valence electrons. The van der Waals surface area contributed by atoms with Gasteiger partial charge in [0.05, 0.1) is 4.90 Å². The van der Waals surface area contributed by atoms with Gasteiger partial charge in [0.2, 0.25) is 10.0 Å². The summed E-state index contributed by atoms with van der Waals surface area (Å²) < 4.78 is 28.6. The van der Waals surface area contributed by atoms with Gasteiger partial charge in [0, 0.05) is 30.4 Å². The molecule has 28 heavy (non-hydrogen) atoms. The van der Waals surface area contributed by atoms with Crippen LogP contribution in [0.2, 0.25) is 0 Å². The summed E-state index contributed by atoms with van der Waals surface area (Å²) in [7, 11) is -3.60. The maximum absolute atomic E-state index is 12.9. The smallest absolute Gasteiger partial charge is 0.240 e. The third-order valence-electron chi connectivity index (χ3n) is 4.83. The molecule has 0 unspecified atom stereocenters. The first-order chi connectivity index (χ1) is 13.5. The van der Waals surface area contributed by atoms with Gasteiger partial charge in [0.15, 0.2) is 0 Å². The zero-order chi connectivity index (χ0) is 20.0. The van der Waals surface area contributed by atoms with E-state index in [9.17, 15) is 8.42 Å². The third-order valence-corrected chi connectivity index (χ3v) is 6.32. The van der Waals surface area contributed by atoms with Gasteiger partial charge >= 0.3 is 0 Å². The van der Waals surface area contributed by atoms with Crippen LogP contribution in [0.3, 0.4) is 0 Å². The van der Waals surface area contributed by atoms with Crippen molar-refractivity contribution in [3.05, 3.63) is 72.6 Å². The minimum atomic E-state index is -3.60. The van der Waals surface area contributed by atoms with Crippen molar-refractivity contribution in [1.82, 2.24) is 15.0 Å². The molecule has 0 radical (unpaired) electrons. The van der Waals surface area contributed by atoms with E-state index >= 15 is 0 Å². The Morgan fingerprint density at radius 2 is 1.79 bits per heavy atom. The lowest BCUT2D eigenvalue weighted by Gasteiger charge is -2.23. The average Bonchev–Trinajstić information content (AvgIpc) is 2.70. The fourth-order valence-corrected chi connectivity index (χ4v) is 4.46. The molecular formula is C22H27N3O2S. The largest absolute Gasteiger partial charge is 0.315 e. The van der Waals surface area contributed by atoms with E-state index in [1.165, 1.54) is 5.56 Å². The van der Waals surface area contributed by atoms with Gasteiger partial charge in [-0.3, -0.25) is 4.98 Å². The summed E-state index contributed by atoms with van der Waals surface area (Å²) in [4.78, 5) is 4.35. The Balaban J connectivity index is 1.63. The second kappa shape index (κ2) is 9.28. The molecule has 1 atom stereocenters. The van der Waals surface area contributed by atoms with Crippen LogP contribution in [0.1, 0.15) is 19.4 Å². The number of hydrogen-bond acceptors (Lipinski definition) is 4. The second-order valence-corrected chi connectivity index (χ2v) is 9.01. The Bertz CT molecular complexity index is 1000. The first-order valence-corrected chi connectivity index (χ1v) is 11.0. The number of pyridine rings is 1. The average molecular weight is 398 g/mol. The lowest BCUT2D eigenvalue weighted by molar-refractivity contribution is 0.423. The molecule has 0 bridgehead atoms. The molecule has 0 aliphatic rings. The van der Waals surface area contributed by atoms with Crippen molar-refractivity contribution in [3.8, 4) is 0 Å². The molecule has 3 rings (SSSR count). The van der Waals surface area contributed by atoms with E-state index in [-0.39, 0.29) is 16.9 Å². The van der Waals surface area contributed by atoms with Crippen LogP contribution < -0.4 is 10.0 Å². The number of aromatic nitrogens is 1. The SMILES string of the molecule is CC(C)[C@H](CNCCc1ccccc1)NS(=O)(=O)c1ccc2cnccc2c1. The van der Waals surface area contributed by atoms with Crippen molar-refractivity contribution in [2.24, 2.45) is 5.92 Å². The molecular weight excluding hydrogens is 370 g/mol. The van der Waals surface area contributed by atoms with Crippen LogP contribution in [-0.4, -0.2) is 32.5 Å². The van der Waals surface area contributed by atoms with Crippen LogP contribution in [-0.2, 0) is 16.4 Å². The molecule has 6 heteroatoms. The highest BCUT2D eigenvalue weighted by molar-refractivity contribution is 7.89. The van der Waals surface area contributed by atoms with E-state index in [2.05, 4.69) is 27.2 Å². The zero-order valence-electron chi connectivity index (χ0n) is 16.3. The van der Waals surface area contributed by atoms with E-state index in [1.807, 2.05) is 38.1 Å². The van der Waals surface area contributed by atoms with Crippen molar-refractivity contribution in [3.63, 3.8) is 0 Å². The molecule has 0 aliphatic heterocycles. The van der Waals surface area contributed by atoms with E-state index in [0.717, 1.165) is 23.7 Å². The molecule has 3 aromatic rings. The third kappa shape index (κ3) is 5.38. The van der Waals surface area contributed by atoms with Crippen molar-refractivity contribution in [1.29, 1.82) is 0 Å². The summed E-state index contributed by atoms with van der Waals surface area (Å²) in [5, 5.41) is 5.17. The van der Waals surface area contributed by atoms with Gasteiger partial charge in [-0.2, -0.15) is 0 Å². The summed E-state index contributed by atoms with van der Waals surface area (Å²) in [6, 6.07) is 17.0. The maximum atomic E-state index is 12.9. The Morgan fingerprint density at radius 1 is 1.00 bits per heavy atom. The van der Waals surface area contributed by atoms with Crippen LogP contribution in [0.5, 0.6) is 0 Å². The topological polar surface area (TPSA) is 71.1 Å².